The third kappa shape index (κ3) is 1.39. The topological polar surface area (TPSA) is 83.0 Å². The van der Waals surface area contributed by atoms with Crippen LogP contribution in [0.4, 0.5) is 5.95 Å². The Labute approximate surface area is 82.2 Å². The van der Waals surface area contributed by atoms with E-state index in [0.717, 1.165) is 0 Å². The molecule has 1 aliphatic heterocycles. The highest BCUT2D eigenvalue weighted by atomic mass is 79.9. The van der Waals surface area contributed by atoms with E-state index < -0.39 is 0 Å². The van der Waals surface area contributed by atoms with Crippen molar-refractivity contribution in [1.29, 1.82) is 0 Å². The maximum atomic E-state index is 11.2. The molecule has 2 N–H and O–H groups in total. The number of hydrogen-bond donors (Lipinski definition) is 1. The predicted octanol–water partition coefficient (Wildman–Crippen LogP) is 0.111. The summed E-state index contributed by atoms with van der Waals surface area (Å²) in [6.45, 7) is 0.426. The lowest BCUT2D eigenvalue weighted by Crippen LogP contribution is -2.16. The first-order valence-electron chi connectivity index (χ1n) is 3.72. The molecule has 13 heavy (non-hydrogen) atoms. The van der Waals surface area contributed by atoms with Crippen LogP contribution in [-0.4, -0.2) is 27.3 Å². The van der Waals surface area contributed by atoms with Crippen molar-refractivity contribution in [2.24, 2.45) is 0 Å². The summed E-state index contributed by atoms with van der Waals surface area (Å²) < 4.78 is 6.68. The van der Waals surface area contributed by atoms with Gasteiger partial charge in [-0.05, 0) is 15.9 Å². The Morgan fingerprint density at radius 3 is 2.92 bits per heavy atom. The molecule has 1 atom stereocenters. The van der Waals surface area contributed by atoms with Gasteiger partial charge in [0, 0.05) is 6.42 Å². The molecule has 6 nitrogen and oxygen atoms in total. The fourth-order valence-electron chi connectivity index (χ4n) is 1.23. The molecule has 1 unspecified atom stereocenters. The summed E-state index contributed by atoms with van der Waals surface area (Å²) in [5.41, 5.74) is 5.37. The minimum Gasteiger partial charge on any atom is -0.464 e. The smallest absolute Gasteiger partial charge is 0.331 e. The number of rotatable bonds is 1. The molecule has 2 rings (SSSR count). The summed E-state index contributed by atoms with van der Waals surface area (Å²) in [6, 6.07) is -0.390. The number of halogens is 1. The molecule has 0 aromatic carbocycles. The first-order chi connectivity index (χ1) is 6.18. The van der Waals surface area contributed by atoms with E-state index in [-0.39, 0.29) is 18.0 Å². The van der Waals surface area contributed by atoms with Crippen LogP contribution in [0.15, 0.2) is 4.73 Å². The van der Waals surface area contributed by atoms with Crippen molar-refractivity contribution in [3.8, 4) is 0 Å². The van der Waals surface area contributed by atoms with E-state index >= 15 is 0 Å². The number of aromatic nitrogens is 3. The first-order valence-corrected chi connectivity index (χ1v) is 4.52. The lowest BCUT2D eigenvalue weighted by molar-refractivity contribution is -0.140. The lowest BCUT2D eigenvalue weighted by Gasteiger charge is -2.04. The Balaban J connectivity index is 2.34. The van der Waals surface area contributed by atoms with Gasteiger partial charge in [-0.1, -0.05) is 0 Å². The molecule has 7 heteroatoms. The number of nitrogen functional groups attached to an aromatic ring is 1. The summed E-state index contributed by atoms with van der Waals surface area (Å²) in [6.07, 6.45) is 0.611. The van der Waals surface area contributed by atoms with Crippen molar-refractivity contribution in [2.45, 2.75) is 12.5 Å². The van der Waals surface area contributed by atoms with Crippen molar-refractivity contribution in [1.82, 2.24) is 14.8 Å². The quantitative estimate of drug-likeness (QED) is 0.712. The van der Waals surface area contributed by atoms with Crippen LogP contribution in [0.5, 0.6) is 0 Å². The van der Waals surface area contributed by atoms with Gasteiger partial charge in [-0.15, -0.1) is 5.10 Å². The molecule has 1 aliphatic rings. The van der Waals surface area contributed by atoms with Gasteiger partial charge in [0.15, 0.2) is 10.8 Å². The molecule has 2 heterocycles. The van der Waals surface area contributed by atoms with Gasteiger partial charge in [-0.2, -0.15) is 4.98 Å². The highest BCUT2D eigenvalue weighted by Gasteiger charge is 2.30. The van der Waals surface area contributed by atoms with E-state index in [1.807, 2.05) is 0 Å². The molecule has 1 aromatic heterocycles. The molecule has 1 saturated heterocycles. The monoisotopic (exact) mass is 246 g/mol. The molecule has 0 radical (unpaired) electrons. The van der Waals surface area contributed by atoms with E-state index in [9.17, 15) is 4.79 Å². The molecule has 1 fully saturated rings. The van der Waals surface area contributed by atoms with E-state index in [1.54, 1.807) is 0 Å². The Morgan fingerprint density at radius 2 is 2.46 bits per heavy atom. The van der Waals surface area contributed by atoms with Gasteiger partial charge >= 0.3 is 5.97 Å². The summed E-state index contributed by atoms with van der Waals surface area (Å²) in [5.74, 6) is -0.142. The average molecular weight is 247 g/mol. The Hall–Kier alpha value is -1.11. The van der Waals surface area contributed by atoms with Crippen LogP contribution in [0.25, 0.3) is 0 Å². The van der Waals surface area contributed by atoms with Gasteiger partial charge in [-0.25, -0.2) is 9.48 Å². The molecule has 70 valence electrons. The Morgan fingerprint density at radius 1 is 1.69 bits per heavy atom. The second-order valence-corrected chi connectivity index (χ2v) is 3.36. The van der Waals surface area contributed by atoms with E-state index in [4.69, 9.17) is 10.5 Å². The van der Waals surface area contributed by atoms with Crippen LogP contribution >= 0.6 is 15.9 Å². The molecule has 0 aliphatic carbocycles. The van der Waals surface area contributed by atoms with Crippen LogP contribution in [0, 0.1) is 0 Å². The number of nitrogens with zero attached hydrogens (tertiary/aromatic N) is 3. The third-order valence-electron chi connectivity index (χ3n) is 1.81. The summed E-state index contributed by atoms with van der Waals surface area (Å²) in [5, 5.41) is 3.88. The maximum Gasteiger partial charge on any atom is 0.331 e. The van der Waals surface area contributed by atoms with Crippen molar-refractivity contribution < 1.29 is 9.53 Å². The number of carbonyl (C=O) groups excluding carboxylic acids is 1. The van der Waals surface area contributed by atoms with Gasteiger partial charge in [0.2, 0.25) is 5.95 Å². The normalized spacial score (nSPS) is 21.9. The molecule has 0 saturated carbocycles. The number of ether oxygens (including phenoxy) is 1. The van der Waals surface area contributed by atoms with E-state index in [0.29, 0.717) is 17.8 Å². The van der Waals surface area contributed by atoms with Gasteiger partial charge in [0.1, 0.15) is 0 Å². The SMILES string of the molecule is Nc1nc(Br)n(C2CCOC2=O)n1. The molecule has 1 aromatic rings. The first kappa shape index (κ1) is 8.49. The van der Waals surface area contributed by atoms with Crippen LogP contribution in [0.1, 0.15) is 12.5 Å². The highest BCUT2D eigenvalue weighted by molar-refractivity contribution is 9.10. The molecular weight excluding hydrogens is 240 g/mol. The van der Waals surface area contributed by atoms with Gasteiger partial charge in [-0.3, -0.25) is 0 Å². The maximum absolute atomic E-state index is 11.2. The van der Waals surface area contributed by atoms with Crippen LogP contribution in [0.2, 0.25) is 0 Å². The number of carbonyl (C=O) groups is 1. The van der Waals surface area contributed by atoms with E-state index in [1.165, 1.54) is 4.68 Å². The fourth-order valence-corrected chi connectivity index (χ4v) is 1.73. The molecule has 0 bridgehead atoms. The van der Waals surface area contributed by atoms with Gasteiger partial charge < -0.3 is 10.5 Å². The lowest BCUT2D eigenvalue weighted by atomic mass is 10.3. The Bertz CT molecular complexity index is 350. The number of esters is 1. The number of hydrogen-bond acceptors (Lipinski definition) is 5. The average Bonchev–Trinajstić information content (AvgIpc) is 2.58. The summed E-state index contributed by atoms with van der Waals surface area (Å²) in [7, 11) is 0. The zero-order chi connectivity index (χ0) is 9.42. The summed E-state index contributed by atoms with van der Waals surface area (Å²) in [4.78, 5) is 15.0. The van der Waals surface area contributed by atoms with Crippen molar-refractivity contribution in [3.05, 3.63) is 4.73 Å². The van der Waals surface area contributed by atoms with Crippen molar-refractivity contribution >= 4 is 27.8 Å². The Kier molecular flexibility index (Phi) is 1.95. The predicted molar refractivity (Wildman–Crippen MR) is 46.7 cm³/mol. The van der Waals surface area contributed by atoms with Crippen LogP contribution in [0.3, 0.4) is 0 Å². The second-order valence-electron chi connectivity index (χ2n) is 2.66. The highest BCUT2D eigenvalue weighted by Crippen LogP contribution is 2.23. The van der Waals surface area contributed by atoms with Crippen LogP contribution in [-0.2, 0) is 9.53 Å². The van der Waals surface area contributed by atoms with Crippen molar-refractivity contribution in [3.63, 3.8) is 0 Å². The zero-order valence-corrected chi connectivity index (χ0v) is 8.19. The van der Waals surface area contributed by atoms with Gasteiger partial charge in [0.05, 0.1) is 6.61 Å². The minimum absolute atomic E-state index is 0.145. The fraction of sp³-hybridized carbons (Fsp3) is 0.500. The largest absolute Gasteiger partial charge is 0.464 e. The molecular formula is C6H7BrN4O2. The third-order valence-corrected chi connectivity index (χ3v) is 2.35. The number of cyclic esters (lactones) is 1. The van der Waals surface area contributed by atoms with Crippen molar-refractivity contribution in [2.75, 3.05) is 12.3 Å². The van der Waals surface area contributed by atoms with E-state index in [2.05, 4.69) is 26.0 Å². The standard InChI is InChI=1S/C6H7BrN4O2/c7-5-9-6(8)10-11(5)3-1-2-13-4(3)12/h3H,1-2H2,(H2,8,10). The number of nitrogens with two attached hydrogens (primary N) is 1. The second kappa shape index (κ2) is 2.99. The summed E-state index contributed by atoms with van der Waals surface area (Å²) >= 11 is 3.16. The molecule has 0 spiro atoms. The minimum atomic E-state index is -0.390. The van der Waals surface area contributed by atoms with Gasteiger partial charge in [0.25, 0.3) is 0 Å². The zero-order valence-electron chi connectivity index (χ0n) is 6.61. The van der Waals surface area contributed by atoms with Crippen LogP contribution < -0.4 is 5.73 Å². The molecule has 0 amide bonds. The number of anilines is 1.